The van der Waals surface area contributed by atoms with Gasteiger partial charge >= 0.3 is 6.18 Å². The Kier molecular flexibility index (Phi) is 7.83. The van der Waals surface area contributed by atoms with Gasteiger partial charge in [-0.2, -0.15) is 13.2 Å². The van der Waals surface area contributed by atoms with Crippen LogP contribution in [0.2, 0.25) is 0 Å². The molecule has 1 aliphatic carbocycles. The monoisotopic (exact) mass is 350 g/mol. The minimum atomic E-state index is -4.15. The van der Waals surface area contributed by atoms with E-state index in [4.69, 9.17) is 0 Å². The molecule has 0 saturated heterocycles. The van der Waals surface area contributed by atoms with Gasteiger partial charge in [0.05, 0.1) is 5.92 Å². The molecule has 0 aliphatic heterocycles. The molecule has 2 N–H and O–H groups in total. The lowest BCUT2D eigenvalue weighted by molar-refractivity contribution is -0.183. The number of hydrogen-bond donors (Lipinski definition) is 2. The summed E-state index contributed by atoms with van der Waals surface area (Å²) in [5.74, 6) is -1.01. The Bertz CT molecular complexity index is 438. The summed E-state index contributed by atoms with van der Waals surface area (Å²) in [5, 5.41) is 6.23. The van der Waals surface area contributed by atoms with E-state index >= 15 is 0 Å². The van der Waals surface area contributed by atoms with Gasteiger partial charge in [-0.1, -0.05) is 13.3 Å². The molecule has 3 atom stereocenters. The largest absolute Gasteiger partial charge is 0.391 e. The topological polar surface area (TPSA) is 56.7 Å². The van der Waals surface area contributed by atoms with Crippen molar-refractivity contribution in [2.24, 2.45) is 10.9 Å². The maximum Gasteiger partial charge on any atom is 0.391 e. The molecule has 3 unspecified atom stereocenters. The van der Waals surface area contributed by atoms with E-state index in [0.717, 1.165) is 6.42 Å². The number of nitrogens with zero attached hydrogens (tertiary/aromatic N) is 2. The molecule has 1 fully saturated rings. The van der Waals surface area contributed by atoms with Crippen LogP contribution in [0.4, 0.5) is 13.2 Å². The molecule has 0 aromatic carbocycles. The molecule has 0 radical (unpaired) electrons. The third-order valence-electron chi connectivity index (χ3n) is 4.34. The summed E-state index contributed by atoms with van der Waals surface area (Å²) in [6.07, 6.45) is -1.86. The molecule has 0 spiro atoms. The summed E-state index contributed by atoms with van der Waals surface area (Å²) in [4.78, 5) is 17.4. The van der Waals surface area contributed by atoms with Crippen molar-refractivity contribution in [3.05, 3.63) is 0 Å². The fourth-order valence-corrected chi connectivity index (χ4v) is 2.57. The van der Waals surface area contributed by atoms with E-state index in [2.05, 4.69) is 15.6 Å². The minimum Gasteiger partial charge on any atom is -0.354 e. The molecule has 8 heteroatoms. The molecule has 1 aliphatic rings. The molecule has 0 bridgehead atoms. The molecule has 1 saturated carbocycles. The Hall–Kier alpha value is -1.47. The third-order valence-corrected chi connectivity index (χ3v) is 4.34. The van der Waals surface area contributed by atoms with Crippen LogP contribution in [-0.2, 0) is 4.79 Å². The SMILES string of the molecule is CCC(C)NC(=NCC(=O)N(C)C)NC1CCCC(C(F)(F)F)C1. The zero-order valence-corrected chi connectivity index (χ0v) is 14.9. The normalized spacial score (nSPS) is 23.5. The summed E-state index contributed by atoms with van der Waals surface area (Å²) in [6, 6.07) is -0.164. The van der Waals surface area contributed by atoms with Crippen molar-refractivity contribution in [1.29, 1.82) is 0 Å². The summed E-state index contributed by atoms with van der Waals surface area (Å²) in [7, 11) is 3.28. The molecule has 140 valence electrons. The first-order chi connectivity index (χ1) is 11.1. The van der Waals surface area contributed by atoms with Crippen molar-refractivity contribution in [2.75, 3.05) is 20.6 Å². The number of halogens is 3. The van der Waals surface area contributed by atoms with Crippen LogP contribution in [0.15, 0.2) is 4.99 Å². The number of carbonyl (C=O) groups excluding carboxylic acids is 1. The highest BCUT2D eigenvalue weighted by molar-refractivity contribution is 5.85. The number of carbonyl (C=O) groups is 1. The highest BCUT2D eigenvalue weighted by Gasteiger charge is 2.42. The van der Waals surface area contributed by atoms with Crippen LogP contribution in [0.5, 0.6) is 0 Å². The molecule has 0 aromatic rings. The van der Waals surface area contributed by atoms with Crippen molar-refractivity contribution in [1.82, 2.24) is 15.5 Å². The lowest BCUT2D eigenvalue weighted by atomic mass is 9.85. The van der Waals surface area contributed by atoms with E-state index in [0.29, 0.717) is 18.8 Å². The van der Waals surface area contributed by atoms with Gasteiger partial charge in [0.1, 0.15) is 6.54 Å². The zero-order chi connectivity index (χ0) is 18.3. The van der Waals surface area contributed by atoms with Crippen LogP contribution in [-0.4, -0.2) is 55.7 Å². The second-order valence-corrected chi connectivity index (χ2v) is 6.65. The number of hydrogen-bond acceptors (Lipinski definition) is 2. The van der Waals surface area contributed by atoms with Crippen LogP contribution in [0.1, 0.15) is 46.0 Å². The van der Waals surface area contributed by atoms with Gasteiger partial charge in [-0.25, -0.2) is 4.99 Å². The average Bonchev–Trinajstić information content (AvgIpc) is 2.51. The second kappa shape index (κ2) is 9.13. The van der Waals surface area contributed by atoms with E-state index in [1.807, 2.05) is 13.8 Å². The second-order valence-electron chi connectivity index (χ2n) is 6.65. The standard InChI is InChI=1S/C16H29F3N4O/c1-5-11(2)21-15(20-10-14(24)23(3)4)22-13-8-6-7-12(9-13)16(17,18)19/h11-13H,5-10H2,1-4H3,(H2,20,21,22). The lowest BCUT2D eigenvalue weighted by Crippen LogP contribution is -2.49. The van der Waals surface area contributed by atoms with Crippen LogP contribution < -0.4 is 10.6 Å². The quantitative estimate of drug-likeness (QED) is 0.592. The molecule has 0 aromatic heterocycles. The summed E-state index contributed by atoms with van der Waals surface area (Å²) in [6.45, 7) is 3.93. The van der Waals surface area contributed by atoms with Gasteiger partial charge < -0.3 is 15.5 Å². The molecule has 5 nitrogen and oxygen atoms in total. The Morgan fingerprint density at radius 3 is 2.54 bits per heavy atom. The molecular weight excluding hydrogens is 321 g/mol. The average molecular weight is 350 g/mol. The van der Waals surface area contributed by atoms with Crippen LogP contribution in [0.3, 0.4) is 0 Å². The van der Waals surface area contributed by atoms with E-state index < -0.39 is 12.1 Å². The van der Waals surface area contributed by atoms with Crippen LogP contribution in [0, 0.1) is 5.92 Å². The van der Waals surface area contributed by atoms with E-state index in [9.17, 15) is 18.0 Å². The smallest absolute Gasteiger partial charge is 0.354 e. The minimum absolute atomic E-state index is 0.0335. The number of guanidine groups is 1. The first-order valence-electron chi connectivity index (χ1n) is 8.47. The van der Waals surface area contributed by atoms with Crippen molar-refractivity contribution >= 4 is 11.9 Å². The third kappa shape index (κ3) is 6.97. The number of amides is 1. The Morgan fingerprint density at radius 1 is 1.33 bits per heavy atom. The molecule has 24 heavy (non-hydrogen) atoms. The van der Waals surface area contributed by atoms with Gasteiger partial charge in [0.25, 0.3) is 0 Å². The fraction of sp³-hybridized carbons (Fsp3) is 0.875. The van der Waals surface area contributed by atoms with Crippen LogP contribution >= 0.6 is 0 Å². The number of likely N-dealkylation sites (N-methyl/N-ethyl adjacent to an activating group) is 1. The first kappa shape index (κ1) is 20.6. The van der Waals surface area contributed by atoms with Crippen molar-refractivity contribution in [3.63, 3.8) is 0 Å². The number of rotatable bonds is 5. The highest BCUT2D eigenvalue weighted by atomic mass is 19.4. The predicted molar refractivity (Wildman–Crippen MR) is 88.8 cm³/mol. The molecule has 0 heterocycles. The molecule has 1 amide bonds. The Balaban J connectivity index is 2.72. The Labute approximate surface area is 142 Å². The number of alkyl halides is 3. The molecule has 1 rings (SSSR count). The van der Waals surface area contributed by atoms with Crippen LogP contribution in [0.25, 0.3) is 0 Å². The number of nitrogens with one attached hydrogen (secondary N) is 2. The lowest BCUT2D eigenvalue weighted by Gasteiger charge is -2.32. The maximum absolute atomic E-state index is 12.9. The van der Waals surface area contributed by atoms with Gasteiger partial charge in [0.15, 0.2) is 5.96 Å². The van der Waals surface area contributed by atoms with Crippen molar-refractivity contribution < 1.29 is 18.0 Å². The van der Waals surface area contributed by atoms with Gasteiger partial charge in [-0.05, 0) is 32.6 Å². The summed E-state index contributed by atoms with van der Waals surface area (Å²) in [5.41, 5.74) is 0. The van der Waals surface area contributed by atoms with E-state index in [-0.39, 0.29) is 37.4 Å². The van der Waals surface area contributed by atoms with Crippen molar-refractivity contribution in [3.8, 4) is 0 Å². The number of aliphatic imine (C=N–C) groups is 1. The first-order valence-corrected chi connectivity index (χ1v) is 8.47. The highest BCUT2D eigenvalue weighted by Crippen LogP contribution is 2.37. The van der Waals surface area contributed by atoms with Gasteiger partial charge in [-0.3, -0.25) is 4.79 Å². The van der Waals surface area contributed by atoms with Crippen molar-refractivity contribution in [2.45, 2.75) is 64.2 Å². The predicted octanol–water partition coefficient (Wildman–Crippen LogP) is 2.53. The Morgan fingerprint density at radius 2 is 2.00 bits per heavy atom. The van der Waals surface area contributed by atoms with Gasteiger partial charge in [-0.15, -0.1) is 0 Å². The summed E-state index contributed by atoms with van der Waals surface area (Å²) < 4.78 is 38.8. The zero-order valence-electron chi connectivity index (χ0n) is 14.9. The van der Waals surface area contributed by atoms with E-state index in [1.54, 1.807) is 14.1 Å². The fourth-order valence-electron chi connectivity index (χ4n) is 2.57. The summed E-state index contributed by atoms with van der Waals surface area (Å²) >= 11 is 0. The van der Waals surface area contributed by atoms with E-state index in [1.165, 1.54) is 4.90 Å². The molecular formula is C16H29F3N4O. The van der Waals surface area contributed by atoms with Gasteiger partial charge in [0, 0.05) is 26.2 Å². The maximum atomic E-state index is 12.9. The van der Waals surface area contributed by atoms with Gasteiger partial charge in [0.2, 0.25) is 5.91 Å².